The normalized spacial score (nSPS) is 17.5. The standard InChI is InChI=1S/C24H25F3N4O3/c1-13-7-14(2)9-16(8-13)29-23(32)17-12-28-31-21(24(25,26)27)11-18(30-22(17)31)15-5-6-19(33-3)20(10-15)34-4/h5-10,12,18,21,30H,11H2,1-4H3,(H,29,32)/t18-,21+/m1/s1. The molecular formula is C24H25F3N4O3. The number of nitrogens with one attached hydrogen (secondary N) is 2. The number of carbonyl (C=O) groups is 1. The lowest BCUT2D eigenvalue weighted by atomic mass is 9.96. The van der Waals surface area contributed by atoms with Gasteiger partial charge in [-0.25, -0.2) is 4.68 Å². The maximum absolute atomic E-state index is 14.0. The summed E-state index contributed by atoms with van der Waals surface area (Å²) in [6.07, 6.45) is -3.69. The molecule has 0 unspecified atom stereocenters. The monoisotopic (exact) mass is 474 g/mol. The van der Waals surface area contributed by atoms with Crippen LogP contribution in [0.4, 0.5) is 24.7 Å². The first kappa shape index (κ1) is 23.5. The van der Waals surface area contributed by atoms with E-state index in [2.05, 4.69) is 15.7 Å². The minimum Gasteiger partial charge on any atom is -0.493 e. The highest BCUT2D eigenvalue weighted by molar-refractivity contribution is 6.07. The smallest absolute Gasteiger partial charge is 0.410 e. The van der Waals surface area contributed by atoms with Crippen LogP contribution in [0.2, 0.25) is 0 Å². The Balaban J connectivity index is 1.70. The number of rotatable bonds is 5. The second kappa shape index (κ2) is 8.92. The molecule has 2 heterocycles. The summed E-state index contributed by atoms with van der Waals surface area (Å²) in [5, 5.41) is 9.77. The second-order valence-electron chi connectivity index (χ2n) is 8.29. The van der Waals surface area contributed by atoms with E-state index in [1.165, 1.54) is 14.2 Å². The van der Waals surface area contributed by atoms with E-state index in [1.54, 1.807) is 30.3 Å². The summed E-state index contributed by atoms with van der Waals surface area (Å²) in [7, 11) is 2.94. The number of halogens is 3. The van der Waals surface area contributed by atoms with Gasteiger partial charge in [-0.2, -0.15) is 18.3 Å². The van der Waals surface area contributed by atoms with Crippen LogP contribution in [0.3, 0.4) is 0 Å². The number of hydrogen-bond donors (Lipinski definition) is 2. The Morgan fingerprint density at radius 2 is 1.76 bits per heavy atom. The van der Waals surface area contributed by atoms with E-state index in [-0.39, 0.29) is 17.8 Å². The van der Waals surface area contributed by atoms with Crippen molar-refractivity contribution in [2.75, 3.05) is 24.9 Å². The number of methoxy groups -OCH3 is 2. The van der Waals surface area contributed by atoms with Crippen molar-refractivity contribution in [2.45, 2.75) is 38.5 Å². The number of amides is 1. The first-order valence-corrected chi connectivity index (χ1v) is 10.6. The highest BCUT2D eigenvalue weighted by Gasteiger charge is 2.47. The number of hydrogen-bond acceptors (Lipinski definition) is 5. The molecule has 180 valence electrons. The Morgan fingerprint density at radius 3 is 2.38 bits per heavy atom. The molecule has 0 aliphatic carbocycles. The molecule has 0 radical (unpaired) electrons. The summed E-state index contributed by atoms with van der Waals surface area (Å²) in [5.74, 6) is 0.327. The van der Waals surface area contributed by atoms with E-state index in [0.717, 1.165) is 22.0 Å². The molecule has 2 aromatic carbocycles. The van der Waals surface area contributed by atoms with Crippen LogP contribution >= 0.6 is 0 Å². The van der Waals surface area contributed by atoms with E-state index in [9.17, 15) is 18.0 Å². The summed E-state index contributed by atoms with van der Waals surface area (Å²) in [6, 6.07) is 7.85. The molecule has 0 bridgehead atoms. The molecule has 2 atom stereocenters. The maximum Gasteiger partial charge on any atom is 0.410 e. The summed E-state index contributed by atoms with van der Waals surface area (Å²) in [6.45, 7) is 3.79. The van der Waals surface area contributed by atoms with Crippen LogP contribution in [0, 0.1) is 13.8 Å². The lowest BCUT2D eigenvalue weighted by Crippen LogP contribution is -2.36. The molecule has 1 amide bonds. The lowest BCUT2D eigenvalue weighted by Gasteiger charge is -2.34. The first-order valence-electron chi connectivity index (χ1n) is 10.6. The van der Waals surface area contributed by atoms with Crippen LogP contribution < -0.4 is 20.1 Å². The van der Waals surface area contributed by atoms with Gasteiger partial charge in [0.25, 0.3) is 5.91 Å². The van der Waals surface area contributed by atoms with Crippen LogP contribution in [-0.4, -0.2) is 36.1 Å². The molecule has 3 aromatic rings. The van der Waals surface area contributed by atoms with Crippen LogP contribution in [-0.2, 0) is 0 Å². The van der Waals surface area contributed by atoms with Gasteiger partial charge in [-0.3, -0.25) is 4.79 Å². The van der Waals surface area contributed by atoms with Crippen molar-refractivity contribution in [1.82, 2.24) is 9.78 Å². The number of anilines is 2. The minimum absolute atomic E-state index is 0.00948. The van der Waals surface area contributed by atoms with Crippen molar-refractivity contribution in [2.24, 2.45) is 0 Å². The summed E-state index contributed by atoms with van der Waals surface area (Å²) in [5.41, 5.74) is 3.06. The largest absolute Gasteiger partial charge is 0.493 e. The van der Waals surface area contributed by atoms with E-state index >= 15 is 0 Å². The highest BCUT2D eigenvalue weighted by Crippen LogP contribution is 2.45. The van der Waals surface area contributed by atoms with E-state index < -0.39 is 24.2 Å². The molecule has 0 saturated carbocycles. The maximum atomic E-state index is 14.0. The molecular weight excluding hydrogens is 449 g/mol. The Kier molecular flexibility index (Phi) is 6.16. The Bertz CT molecular complexity index is 1200. The molecule has 4 rings (SSSR count). The molecule has 7 nitrogen and oxygen atoms in total. The van der Waals surface area contributed by atoms with Gasteiger partial charge in [0.15, 0.2) is 17.5 Å². The van der Waals surface area contributed by atoms with Crippen molar-refractivity contribution >= 4 is 17.4 Å². The van der Waals surface area contributed by atoms with Crippen molar-refractivity contribution in [3.05, 3.63) is 64.8 Å². The number of aryl methyl sites for hydroxylation is 2. The average molecular weight is 474 g/mol. The molecule has 10 heteroatoms. The fourth-order valence-electron chi connectivity index (χ4n) is 4.26. The number of alkyl halides is 3. The van der Waals surface area contributed by atoms with Gasteiger partial charge < -0.3 is 20.1 Å². The molecule has 34 heavy (non-hydrogen) atoms. The molecule has 1 aliphatic heterocycles. The summed E-state index contributed by atoms with van der Waals surface area (Å²) < 4.78 is 53.3. The highest BCUT2D eigenvalue weighted by atomic mass is 19.4. The molecule has 0 spiro atoms. The van der Waals surface area contributed by atoms with E-state index in [4.69, 9.17) is 9.47 Å². The van der Waals surface area contributed by atoms with Crippen LogP contribution in [0.15, 0.2) is 42.6 Å². The van der Waals surface area contributed by atoms with Gasteiger partial charge in [0.05, 0.1) is 26.5 Å². The van der Waals surface area contributed by atoms with Gasteiger partial charge in [-0.1, -0.05) is 12.1 Å². The first-order chi connectivity index (χ1) is 16.1. The van der Waals surface area contributed by atoms with Crippen LogP contribution in [0.1, 0.15) is 45.6 Å². The molecule has 1 aliphatic rings. The Hall–Kier alpha value is -3.69. The predicted octanol–water partition coefficient (Wildman–Crippen LogP) is 5.43. The third-order valence-electron chi connectivity index (χ3n) is 5.77. The molecule has 2 N–H and O–H groups in total. The SMILES string of the molecule is COc1ccc([C@H]2C[C@@H](C(F)(F)F)n3ncc(C(=O)Nc4cc(C)cc(C)c4)c3N2)cc1OC. The number of benzene rings is 2. The van der Waals surface area contributed by atoms with Gasteiger partial charge in [0.2, 0.25) is 0 Å². The number of nitrogens with zero attached hydrogens (tertiary/aromatic N) is 2. The van der Waals surface area contributed by atoms with E-state index in [0.29, 0.717) is 22.7 Å². The second-order valence-corrected chi connectivity index (χ2v) is 8.29. The van der Waals surface area contributed by atoms with Crippen molar-refractivity contribution < 1.29 is 27.4 Å². The molecule has 0 saturated heterocycles. The zero-order chi connectivity index (χ0) is 24.6. The Labute approximate surface area is 194 Å². The van der Waals surface area contributed by atoms with Crippen LogP contribution in [0.5, 0.6) is 11.5 Å². The molecule has 0 fully saturated rings. The van der Waals surface area contributed by atoms with Crippen molar-refractivity contribution in [3.63, 3.8) is 0 Å². The number of fused-ring (bicyclic) bond motifs is 1. The van der Waals surface area contributed by atoms with Crippen LogP contribution in [0.25, 0.3) is 0 Å². The minimum atomic E-state index is -4.56. The fraction of sp³-hybridized carbons (Fsp3) is 0.333. The fourth-order valence-corrected chi connectivity index (χ4v) is 4.26. The summed E-state index contributed by atoms with van der Waals surface area (Å²) in [4.78, 5) is 13.0. The topological polar surface area (TPSA) is 77.4 Å². The predicted molar refractivity (Wildman–Crippen MR) is 122 cm³/mol. The lowest BCUT2D eigenvalue weighted by molar-refractivity contribution is -0.173. The number of aromatic nitrogens is 2. The van der Waals surface area contributed by atoms with Gasteiger partial charge >= 0.3 is 6.18 Å². The van der Waals surface area contributed by atoms with Gasteiger partial charge in [-0.05, 0) is 54.8 Å². The zero-order valence-corrected chi connectivity index (χ0v) is 19.2. The molecule has 1 aromatic heterocycles. The number of carbonyl (C=O) groups excluding carboxylic acids is 1. The average Bonchev–Trinajstić information content (AvgIpc) is 3.20. The Morgan fingerprint density at radius 1 is 1.09 bits per heavy atom. The van der Waals surface area contributed by atoms with Crippen molar-refractivity contribution in [1.29, 1.82) is 0 Å². The van der Waals surface area contributed by atoms with Gasteiger partial charge in [-0.15, -0.1) is 0 Å². The third-order valence-corrected chi connectivity index (χ3v) is 5.77. The third kappa shape index (κ3) is 4.52. The number of ether oxygens (including phenoxy) is 2. The van der Waals surface area contributed by atoms with Gasteiger partial charge in [0, 0.05) is 12.1 Å². The quantitative estimate of drug-likeness (QED) is 0.516. The summed E-state index contributed by atoms with van der Waals surface area (Å²) >= 11 is 0. The zero-order valence-electron chi connectivity index (χ0n) is 19.2. The van der Waals surface area contributed by atoms with Crippen molar-refractivity contribution in [3.8, 4) is 11.5 Å². The van der Waals surface area contributed by atoms with Gasteiger partial charge in [0.1, 0.15) is 11.4 Å². The van der Waals surface area contributed by atoms with E-state index in [1.807, 2.05) is 19.9 Å².